The van der Waals surface area contributed by atoms with E-state index in [-0.39, 0.29) is 5.75 Å². The lowest BCUT2D eigenvalue weighted by molar-refractivity contribution is -0.151. The molecule has 0 unspecified atom stereocenters. The molecule has 8 heteroatoms. The molecule has 0 aliphatic heterocycles. The number of imide groups is 1. The predicted octanol–water partition coefficient (Wildman–Crippen LogP) is 2.32. The van der Waals surface area contributed by atoms with Crippen LogP contribution in [0.4, 0.5) is 4.79 Å². The van der Waals surface area contributed by atoms with Crippen molar-refractivity contribution in [3.05, 3.63) is 28.7 Å². The molecule has 3 amide bonds. The van der Waals surface area contributed by atoms with Crippen LogP contribution in [-0.2, 0) is 14.3 Å². The van der Waals surface area contributed by atoms with E-state index in [1.54, 1.807) is 6.92 Å². The molecule has 0 aromatic heterocycles. The van der Waals surface area contributed by atoms with Gasteiger partial charge in [0.2, 0.25) is 0 Å². The Bertz CT molecular complexity index is 536. The summed E-state index contributed by atoms with van der Waals surface area (Å²) in [7, 11) is 0. The van der Waals surface area contributed by atoms with Gasteiger partial charge in [0, 0.05) is 15.9 Å². The molecular formula is C14H17BrN2O4S. The molecule has 120 valence electrons. The van der Waals surface area contributed by atoms with E-state index in [9.17, 15) is 14.4 Å². The maximum atomic E-state index is 11.7. The number of carbonyl (C=O) groups is 3. The number of nitrogens with one attached hydrogen (secondary N) is 2. The van der Waals surface area contributed by atoms with Gasteiger partial charge in [-0.3, -0.25) is 14.9 Å². The Labute approximate surface area is 141 Å². The fourth-order valence-corrected chi connectivity index (χ4v) is 2.32. The highest BCUT2D eigenvalue weighted by molar-refractivity contribution is 9.10. The second-order valence-corrected chi connectivity index (χ2v) is 6.19. The Morgan fingerprint density at radius 1 is 1.27 bits per heavy atom. The summed E-state index contributed by atoms with van der Waals surface area (Å²) in [5, 5.41) is 4.50. The Morgan fingerprint density at radius 3 is 2.50 bits per heavy atom. The second kappa shape index (κ2) is 9.47. The van der Waals surface area contributed by atoms with E-state index in [1.807, 2.05) is 24.3 Å². The van der Waals surface area contributed by atoms with E-state index in [4.69, 9.17) is 4.74 Å². The largest absolute Gasteiger partial charge is 0.452 e. The molecular weight excluding hydrogens is 372 g/mol. The quantitative estimate of drug-likeness (QED) is 0.576. The molecule has 0 bridgehead atoms. The standard InChI is InChI=1S/C14H17BrN2O4S/c1-3-16-14(20)17-13(19)9(2)21-12(18)8-22-11-6-4-10(15)5-7-11/h4-7,9H,3,8H2,1-2H3,(H2,16,17,19,20)/t9-/m0/s1. The molecule has 1 aromatic rings. The number of carbonyl (C=O) groups excluding carboxylic acids is 3. The maximum Gasteiger partial charge on any atom is 0.321 e. The van der Waals surface area contributed by atoms with Crippen LogP contribution in [0.1, 0.15) is 13.8 Å². The van der Waals surface area contributed by atoms with E-state index in [1.165, 1.54) is 18.7 Å². The highest BCUT2D eigenvalue weighted by Gasteiger charge is 2.19. The molecule has 1 aromatic carbocycles. The molecule has 6 nitrogen and oxygen atoms in total. The molecule has 0 radical (unpaired) electrons. The summed E-state index contributed by atoms with van der Waals surface area (Å²) in [4.78, 5) is 35.4. The molecule has 2 N–H and O–H groups in total. The van der Waals surface area contributed by atoms with Crippen molar-refractivity contribution < 1.29 is 19.1 Å². The molecule has 0 aliphatic carbocycles. The van der Waals surface area contributed by atoms with Gasteiger partial charge < -0.3 is 10.1 Å². The van der Waals surface area contributed by atoms with Crippen molar-refractivity contribution in [1.82, 2.24) is 10.6 Å². The fourth-order valence-electron chi connectivity index (χ4n) is 1.38. The second-order valence-electron chi connectivity index (χ2n) is 4.22. The average molecular weight is 389 g/mol. The van der Waals surface area contributed by atoms with Crippen molar-refractivity contribution in [2.75, 3.05) is 12.3 Å². The van der Waals surface area contributed by atoms with Gasteiger partial charge in [-0.2, -0.15) is 0 Å². The van der Waals surface area contributed by atoms with Crippen molar-refractivity contribution in [3.63, 3.8) is 0 Å². The van der Waals surface area contributed by atoms with Gasteiger partial charge in [-0.15, -0.1) is 11.8 Å². The Hall–Kier alpha value is -1.54. The van der Waals surface area contributed by atoms with Crippen LogP contribution in [-0.4, -0.2) is 36.3 Å². The van der Waals surface area contributed by atoms with Crippen LogP contribution >= 0.6 is 27.7 Å². The van der Waals surface area contributed by atoms with E-state index >= 15 is 0 Å². The van der Waals surface area contributed by atoms with Crippen LogP contribution in [0, 0.1) is 0 Å². The number of hydrogen-bond acceptors (Lipinski definition) is 5. The van der Waals surface area contributed by atoms with E-state index in [2.05, 4.69) is 26.6 Å². The van der Waals surface area contributed by atoms with Gasteiger partial charge in [0.05, 0.1) is 5.75 Å². The van der Waals surface area contributed by atoms with E-state index < -0.39 is 24.0 Å². The van der Waals surface area contributed by atoms with Crippen LogP contribution in [0.25, 0.3) is 0 Å². The molecule has 1 rings (SSSR count). The number of thioether (sulfide) groups is 1. The topological polar surface area (TPSA) is 84.5 Å². The minimum Gasteiger partial charge on any atom is -0.452 e. The van der Waals surface area contributed by atoms with Crippen molar-refractivity contribution in [2.45, 2.75) is 24.8 Å². The summed E-state index contributed by atoms with van der Waals surface area (Å²) in [5.41, 5.74) is 0. The minimum absolute atomic E-state index is 0.0837. The molecule has 0 saturated carbocycles. The number of ether oxygens (including phenoxy) is 1. The number of esters is 1. The van der Waals surface area contributed by atoms with Crippen molar-refractivity contribution in [1.29, 1.82) is 0 Å². The molecule has 0 spiro atoms. The SMILES string of the molecule is CCNC(=O)NC(=O)[C@H](C)OC(=O)CSc1ccc(Br)cc1. The normalized spacial score (nSPS) is 11.4. The average Bonchev–Trinajstić information content (AvgIpc) is 2.46. The molecule has 0 fully saturated rings. The maximum absolute atomic E-state index is 11.7. The van der Waals surface area contributed by atoms with Crippen molar-refractivity contribution in [3.8, 4) is 0 Å². The zero-order valence-corrected chi connectivity index (χ0v) is 14.6. The zero-order valence-electron chi connectivity index (χ0n) is 12.2. The van der Waals surface area contributed by atoms with Crippen LogP contribution in [0.2, 0.25) is 0 Å². The summed E-state index contributed by atoms with van der Waals surface area (Å²) >= 11 is 4.63. The third kappa shape index (κ3) is 6.95. The Kier molecular flexibility index (Phi) is 7.97. The van der Waals surface area contributed by atoms with Crippen LogP contribution in [0.15, 0.2) is 33.6 Å². The summed E-state index contributed by atoms with van der Waals surface area (Å²) in [6.45, 7) is 3.54. The smallest absolute Gasteiger partial charge is 0.321 e. The summed E-state index contributed by atoms with van der Waals surface area (Å²) in [6, 6.07) is 6.87. The van der Waals surface area contributed by atoms with Gasteiger partial charge in [0.25, 0.3) is 5.91 Å². The number of amides is 3. The monoisotopic (exact) mass is 388 g/mol. The van der Waals surface area contributed by atoms with Gasteiger partial charge in [-0.05, 0) is 38.1 Å². The lowest BCUT2D eigenvalue weighted by atomic mass is 10.4. The first-order chi connectivity index (χ1) is 10.4. The molecule has 0 aliphatic rings. The first-order valence-electron chi connectivity index (χ1n) is 6.59. The van der Waals surface area contributed by atoms with Gasteiger partial charge in [-0.1, -0.05) is 15.9 Å². The number of hydrogen-bond donors (Lipinski definition) is 2. The number of urea groups is 1. The molecule has 22 heavy (non-hydrogen) atoms. The molecule has 1 atom stereocenters. The highest BCUT2D eigenvalue weighted by Crippen LogP contribution is 2.20. The van der Waals surface area contributed by atoms with Gasteiger partial charge in [-0.25, -0.2) is 4.79 Å². The first-order valence-corrected chi connectivity index (χ1v) is 8.36. The predicted molar refractivity (Wildman–Crippen MR) is 87.6 cm³/mol. The number of benzene rings is 1. The number of rotatable bonds is 6. The lowest BCUT2D eigenvalue weighted by Gasteiger charge is -2.12. The van der Waals surface area contributed by atoms with Crippen LogP contribution < -0.4 is 10.6 Å². The summed E-state index contributed by atoms with van der Waals surface area (Å²) in [6.07, 6.45) is -1.03. The van der Waals surface area contributed by atoms with E-state index in [0.29, 0.717) is 6.54 Å². The summed E-state index contributed by atoms with van der Waals surface area (Å²) < 4.78 is 5.93. The highest BCUT2D eigenvalue weighted by atomic mass is 79.9. The zero-order chi connectivity index (χ0) is 16.5. The first kappa shape index (κ1) is 18.5. The van der Waals surface area contributed by atoms with Gasteiger partial charge >= 0.3 is 12.0 Å². The van der Waals surface area contributed by atoms with Gasteiger partial charge in [0.15, 0.2) is 6.10 Å². The van der Waals surface area contributed by atoms with Crippen molar-refractivity contribution >= 4 is 45.6 Å². The molecule has 0 saturated heterocycles. The van der Waals surface area contributed by atoms with Gasteiger partial charge in [0.1, 0.15) is 0 Å². The minimum atomic E-state index is -1.03. The lowest BCUT2D eigenvalue weighted by Crippen LogP contribution is -2.44. The summed E-state index contributed by atoms with van der Waals surface area (Å²) in [5.74, 6) is -1.10. The third-order valence-corrected chi connectivity index (χ3v) is 3.94. The Balaban J connectivity index is 2.35. The van der Waals surface area contributed by atoms with Crippen LogP contribution in [0.3, 0.4) is 0 Å². The Morgan fingerprint density at radius 2 is 1.91 bits per heavy atom. The fraction of sp³-hybridized carbons (Fsp3) is 0.357. The third-order valence-electron chi connectivity index (χ3n) is 2.42. The number of halogens is 1. The van der Waals surface area contributed by atoms with Crippen LogP contribution in [0.5, 0.6) is 0 Å². The van der Waals surface area contributed by atoms with Crippen molar-refractivity contribution in [2.24, 2.45) is 0 Å². The van der Waals surface area contributed by atoms with E-state index in [0.717, 1.165) is 9.37 Å². The molecule has 0 heterocycles.